The van der Waals surface area contributed by atoms with Crippen LogP contribution in [0.15, 0.2) is 29.4 Å². The van der Waals surface area contributed by atoms with Crippen molar-refractivity contribution in [2.45, 2.75) is 5.92 Å². The molecule has 1 aliphatic rings. The second kappa shape index (κ2) is 4.82. The summed E-state index contributed by atoms with van der Waals surface area (Å²) in [5.41, 5.74) is 3.81. The highest BCUT2D eigenvalue weighted by atomic mass is 16.6. The van der Waals surface area contributed by atoms with E-state index in [9.17, 15) is 14.9 Å². The van der Waals surface area contributed by atoms with E-state index < -0.39 is 10.9 Å². The summed E-state index contributed by atoms with van der Waals surface area (Å²) in [5, 5.41) is 14.4. The first kappa shape index (κ1) is 12.0. The molecule has 0 aliphatic carbocycles. The fourth-order valence-corrected chi connectivity index (χ4v) is 1.79. The van der Waals surface area contributed by atoms with Crippen molar-refractivity contribution in [3.8, 4) is 0 Å². The summed E-state index contributed by atoms with van der Waals surface area (Å²) < 4.78 is 4.63. The third kappa shape index (κ3) is 2.15. The van der Waals surface area contributed by atoms with Crippen molar-refractivity contribution in [1.29, 1.82) is 0 Å². The first-order valence-corrected chi connectivity index (χ1v) is 5.26. The van der Waals surface area contributed by atoms with Crippen molar-refractivity contribution in [3.05, 3.63) is 39.9 Å². The second-order valence-electron chi connectivity index (χ2n) is 3.75. The highest BCUT2D eigenvalue weighted by Gasteiger charge is 2.29. The fraction of sp³-hybridized carbons (Fsp3) is 0.273. The second-order valence-corrected chi connectivity index (χ2v) is 3.75. The van der Waals surface area contributed by atoms with Gasteiger partial charge in [0.15, 0.2) is 5.71 Å². The minimum atomic E-state index is -0.497. The quantitative estimate of drug-likeness (QED) is 0.486. The number of hydrogen-bond acceptors (Lipinski definition) is 6. The molecule has 94 valence electrons. The van der Waals surface area contributed by atoms with Crippen LogP contribution in [-0.4, -0.2) is 30.3 Å². The molecule has 0 fully saturated rings. The molecule has 0 saturated heterocycles. The Morgan fingerprint density at radius 2 is 2.17 bits per heavy atom. The molecular formula is C11H11N3O4. The van der Waals surface area contributed by atoms with Gasteiger partial charge >= 0.3 is 5.97 Å². The number of nitro groups is 1. The van der Waals surface area contributed by atoms with E-state index in [4.69, 9.17) is 0 Å². The Hall–Kier alpha value is -2.44. The first-order chi connectivity index (χ1) is 8.63. The average Bonchev–Trinajstić information content (AvgIpc) is 2.87. The highest BCUT2D eigenvalue weighted by molar-refractivity contribution is 6.39. The Balaban J connectivity index is 2.24. The Morgan fingerprint density at radius 1 is 1.50 bits per heavy atom. The van der Waals surface area contributed by atoms with E-state index in [1.807, 2.05) is 0 Å². The lowest BCUT2D eigenvalue weighted by molar-refractivity contribution is -0.384. The van der Waals surface area contributed by atoms with Crippen LogP contribution < -0.4 is 5.43 Å². The molecule has 0 saturated carbocycles. The molecule has 7 nitrogen and oxygen atoms in total. The maximum Gasteiger partial charge on any atom is 0.354 e. The van der Waals surface area contributed by atoms with Gasteiger partial charge in [-0.15, -0.1) is 0 Å². The van der Waals surface area contributed by atoms with Crippen LogP contribution in [0.3, 0.4) is 0 Å². The first-order valence-electron chi connectivity index (χ1n) is 5.26. The van der Waals surface area contributed by atoms with E-state index in [1.54, 1.807) is 12.1 Å². The SMILES string of the molecule is COC(=O)C1=NNCC1c1ccc([N+](=O)[O-])cc1. The molecule has 0 aromatic heterocycles. The van der Waals surface area contributed by atoms with Crippen LogP contribution in [0.5, 0.6) is 0 Å². The number of ether oxygens (including phenoxy) is 1. The number of non-ortho nitro benzene ring substituents is 1. The van der Waals surface area contributed by atoms with Gasteiger partial charge in [0.1, 0.15) is 0 Å². The van der Waals surface area contributed by atoms with Crippen LogP contribution in [0.25, 0.3) is 0 Å². The van der Waals surface area contributed by atoms with Gasteiger partial charge in [0.05, 0.1) is 18.0 Å². The van der Waals surface area contributed by atoms with Gasteiger partial charge in [-0.05, 0) is 5.56 Å². The number of hydrazone groups is 1. The van der Waals surface area contributed by atoms with Gasteiger partial charge < -0.3 is 10.2 Å². The molecule has 0 spiro atoms. The third-order valence-corrected chi connectivity index (χ3v) is 2.73. The average molecular weight is 249 g/mol. The summed E-state index contributed by atoms with van der Waals surface area (Å²) in [5.74, 6) is -0.735. The van der Waals surface area contributed by atoms with Crippen LogP contribution >= 0.6 is 0 Å². The Morgan fingerprint density at radius 3 is 2.72 bits per heavy atom. The Kier molecular flexibility index (Phi) is 3.22. The maximum atomic E-state index is 11.5. The van der Waals surface area contributed by atoms with Gasteiger partial charge in [-0.1, -0.05) is 12.1 Å². The van der Waals surface area contributed by atoms with Crippen LogP contribution in [0.2, 0.25) is 0 Å². The van der Waals surface area contributed by atoms with Gasteiger partial charge in [-0.3, -0.25) is 10.1 Å². The van der Waals surface area contributed by atoms with Gasteiger partial charge in [-0.2, -0.15) is 5.10 Å². The minimum absolute atomic E-state index is 0.0151. The molecule has 0 radical (unpaired) electrons. The standard InChI is InChI=1S/C11H11N3O4/c1-18-11(15)10-9(6-12-13-10)7-2-4-8(5-3-7)14(16)17/h2-5,9,12H,6H2,1H3. The maximum absolute atomic E-state index is 11.5. The lowest BCUT2D eigenvalue weighted by Crippen LogP contribution is -2.22. The molecule has 18 heavy (non-hydrogen) atoms. The van der Waals surface area contributed by atoms with Crippen LogP contribution in [-0.2, 0) is 9.53 Å². The molecule has 1 heterocycles. The molecule has 0 amide bonds. The monoisotopic (exact) mass is 249 g/mol. The van der Waals surface area contributed by atoms with E-state index in [0.29, 0.717) is 6.54 Å². The summed E-state index contributed by atoms with van der Waals surface area (Å²) in [4.78, 5) is 21.6. The van der Waals surface area contributed by atoms with Crippen molar-refractivity contribution in [3.63, 3.8) is 0 Å². The smallest absolute Gasteiger partial charge is 0.354 e. The van der Waals surface area contributed by atoms with E-state index in [-0.39, 0.29) is 17.3 Å². The molecule has 1 aromatic carbocycles. The normalized spacial score (nSPS) is 17.8. The lowest BCUT2D eigenvalue weighted by Gasteiger charge is -2.10. The number of nitro benzene ring substituents is 1. The Labute approximate surface area is 103 Å². The van der Waals surface area contributed by atoms with E-state index in [0.717, 1.165) is 5.56 Å². The summed E-state index contributed by atoms with van der Waals surface area (Å²) in [7, 11) is 1.29. The Bertz CT molecular complexity index is 510. The van der Waals surface area contributed by atoms with E-state index in [1.165, 1.54) is 19.2 Å². The zero-order valence-electron chi connectivity index (χ0n) is 9.62. The molecule has 1 aromatic rings. The van der Waals surface area contributed by atoms with Gasteiger partial charge in [0, 0.05) is 18.7 Å². The fourth-order valence-electron chi connectivity index (χ4n) is 1.79. The minimum Gasteiger partial charge on any atom is -0.464 e. The molecule has 1 aliphatic heterocycles. The number of nitrogens with zero attached hydrogens (tertiary/aromatic N) is 2. The molecule has 0 bridgehead atoms. The largest absolute Gasteiger partial charge is 0.464 e. The summed E-state index contributed by atoms with van der Waals surface area (Å²) in [6.45, 7) is 0.474. The van der Waals surface area contributed by atoms with Crippen molar-refractivity contribution >= 4 is 17.4 Å². The number of methoxy groups -OCH3 is 1. The van der Waals surface area contributed by atoms with Crippen molar-refractivity contribution in [2.75, 3.05) is 13.7 Å². The van der Waals surface area contributed by atoms with Gasteiger partial charge in [-0.25, -0.2) is 4.79 Å². The number of hydrogen-bond donors (Lipinski definition) is 1. The molecular weight excluding hydrogens is 238 g/mol. The molecule has 7 heteroatoms. The number of rotatable bonds is 3. The zero-order chi connectivity index (χ0) is 13.1. The molecule has 1 unspecified atom stereocenters. The van der Waals surface area contributed by atoms with Gasteiger partial charge in [0.25, 0.3) is 5.69 Å². The molecule has 2 rings (SSSR count). The molecule has 1 N–H and O–H groups in total. The number of esters is 1. The van der Waals surface area contributed by atoms with Crippen molar-refractivity contribution in [2.24, 2.45) is 5.10 Å². The number of benzene rings is 1. The third-order valence-electron chi connectivity index (χ3n) is 2.73. The number of carbonyl (C=O) groups excluding carboxylic acids is 1. The van der Waals surface area contributed by atoms with Crippen LogP contribution in [0.4, 0.5) is 5.69 Å². The van der Waals surface area contributed by atoms with Crippen molar-refractivity contribution < 1.29 is 14.5 Å². The van der Waals surface area contributed by atoms with Crippen LogP contribution in [0.1, 0.15) is 11.5 Å². The van der Waals surface area contributed by atoms with Crippen LogP contribution in [0, 0.1) is 10.1 Å². The zero-order valence-corrected chi connectivity index (χ0v) is 9.62. The van der Waals surface area contributed by atoms with E-state index in [2.05, 4.69) is 15.3 Å². The number of carbonyl (C=O) groups is 1. The lowest BCUT2D eigenvalue weighted by atomic mass is 9.95. The highest BCUT2D eigenvalue weighted by Crippen LogP contribution is 2.23. The van der Waals surface area contributed by atoms with Gasteiger partial charge in [0.2, 0.25) is 0 Å². The van der Waals surface area contributed by atoms with Crippen molar-refractivity contribution in [1.82, 2.24) is 5.43 Å². The summed E-state index contributed by atoms with van der Waals surface area (Å²) in [6.07, 6.45) is 0. The van der Waals surface area contributed by atoms with E-state index >= 15 is 0 Å². The predicted molar refractivity (Wildman–Crippen MR) is 63.3 cm³/mol. The molecule has 1 atom stereocenters. The summed E-state index contributed by atoms with van der Waals surface area (Å²) in [6, 6.07) is 6.05. The predicted octanol–water partition coefficient (Wildman–Crippen LogP) is 0.811. The topological polar surface area (TPSA) is 93.8 Å². The summed E-state index contributed by atoms with van der Waals surface area (Å²) >= 11 is 0. The number of nitrogens with one attached hydrogen (secondary N) is 1.